The zero-order valence-corrected chi connectivity index (χ0v) is 11.0. The van der Waals surface area contributed by atoms with Crippen LogP contribution in [0, 0.1) is 0 Å². The highest BCUT2D eigenvalue weighted by Crippen LogP contribution is 2.25. The van der Waals surface area contributed by atoms with Gasteiger partial charge in [-0.05, 0) is 32.1 Å². The molecule has 1 atom stereocenters. The van der Waals surface area contributed by atoms with Gasteiger partial charge in [0.05, 0.1) is 0 Å². The maximum atomic E-state index is 6.05. The van der Waals surface area contributed by atoms with Gasteiger partial charge in [-0.25, -0.2) is 0 Å². The third-order valence-electron chi connectivity index (χ3n) is 4.43. The van der Waals surface area contributed by atoms with Crippen LogP contribution < -0.4 is 11.1 Å². The van der Waals surface area contributed by atoms with Crippen LogP contribution >= 0.6 is 0 Å². The highest BCUT2D eigenvalue weighted by Gasteiger charge is 2.31. The van der Waals surface area contributed by atoms with E-state index in [2.05, 4.69) is 5.32 Å². The summed E-state index contributed by atoms with van der Waals surface area (Å²) in [6.07, 6.45) is 11.7. The molecule has 2 rings (SSSR count). The molecule has 1 unspecified atom stereocenters. The van der Waals surface area contributed by atoms with Crippen molar-refractivity contribution < 1.29 is 4.74 Å². The highest BCUT2D eigenvalue weighted by atomic mass is 16.5. The second-order valence-corrected chi connectivity index (χ2v) is 5.78. The molecule has 2 aliphatic rings. The summed E-state index contributed by atoms with van der Waals surface area (Å²) in [5, 5.41) is 3.90. The average molecular weight is 240 g/mol. The standard InChI is InChI=1S/C14H28N2O/c15-12-14(8-5-10-17-11-9-14)16-13-6-3-1-2-4-7-13/h13,16H,1-12,15H2. The summed E-state index contributed by atoms with van der Waals surface area (Å²) in [7, 11) is 0. The molecule has 1 saturated heterocycles. The van der Waals surface area contributed by atoms with E-state index in [9.17, 15) is 0 Å². The molecule has 100 valence electrons. The van der Waals surface area contributed by atoms with E-state index < -0.39 is 0 Å². The van der Waals surface area contributed by atoms with Crippen LogP contribution in [0.1, 0.15) is 57.8 Å². The fourth-order valence-electron chi connectivity index (χ4n) is 3.27. The van der Waals surface area contributed by atoms with Gasteiger partial charge < -0.3 is 15.8 Å². The normalized spacial score (nSPS) is 33.0. The SMILES string of the molecule is NCC1(NC2CCCCCC2)CCCOCC1. The Hall–Kier alpha value is -0.120. The molecule has 1 aliphatic heterocycles. The first-order valence-electron chi connectivity index (χ1n) is 7.40. The molecule has 0 radical (unpaired) electrons. The van der Waals surface area contributed by atoms with E-state index in [-0.39, 0.29) is 5.54 Å². The monoisotopic (exact) mass is 240 g/mol. The Morgan fingerprint density at radius 3 is 2.47 bits per heavy atom. The Bertz CT molecular complexity index is 204. The third kappa shape index (κ3) is 3.94. The van der Waals surface area contributed by atoms with Gasteiger partial charge in [-0.3, -0.25) is 0 Å². The topological polar surface area (TPSA) is 47.3 Å². The molecule has 1 aliphatic carbocycles. The van der Waals surface area contributed by atoms with E-state index in [4.69, 9.17) is 10.5 Å². The molecular formula is C14H28N2O. The molecule has 3 nitrogen and oxygen atoms in total. The second kappa shape index (κ2) is 6.72. The number of nitrogens with one attached hydrogen (secondary N) is 1. The summed E-state index contributed by atoms with van der Waals surface area (Å²) in [6, 6.07) is 0.694. The number of rotatable bonds is 3. The lowest BCUT2D eigenvalue weighted by Crippen LogP contribution is -2.55. The zero-order chi connectivity index (χ0) is 12.0. The minimum absolute atomic E-state index is 0.158. The molecule has 2 fully saturated rings. The van der Waals surface area contributed by atoms with E-state index in [0.29, 0.717) is 6.04 Å². The van der Waals surface area contributed by atoms with E-state index in [1.165, 1.54) is 44.9 Å². The van der Waals surface area contributed by atoms with E-state index in [1.54, 1.807) is 0 Å². The van der Waals surface area contributed by atoms with Crippen LogP contribution in [0.15, 0.2) is 0 Å². The maximum absolute atomic E-state index is 6.05. The fraction of sp³-hybridized carbons (Fsp3) is 1.00. The lowest BCUT2D eigenvalue weighted by Gasteiger charge is -2.36. The Balaban J connectivity index is 1.91. The summed E-state index contributed by atoms with van der Waals surface area (Å²) in [5.74, 6) is 0. The average Bonchev–Trinajstić information content (AvgIpc) is 2.73. The van der Waals surface area contributed by atoms with Gasteiger partial charge in [0, 0.05) is 31.3 Å². The van der Waals surface area contributed by atoms with E-state index >= 15 is 0 Å². The van der Waals surface area contributed by atoms with Crippen LogP contribution in [0.25, 0.3) is 0 Å². The first-order chi connectivity index (χ1) is 8.35. The Morgan fingerprint density at radius 2 is 1.76 bits per heavy atom. The van der Waals surface area contributed by atoms with Crippen molar-refractivity contribution >= 4 is 0 Å². The Kier molecular flexibility index (Phi) is 5.26. The van der Waals surface area contributed by atoms with Gasteiger partial charge in [0.2, 0.25) is 0 Å². The zero-order valence-electron chi connectivity index (χ0n) is 11.0. The summed E-state index contributed by atoms with van der Waals surface area (Å²) >= 11 is 0. The number of hydrogen-bond donors (Lipinski definition) is 2. The molecule has 1 saturated carbocycles. The van der Waals surface area contributed by atoms with E-state index in [1.807, 2.05) is 0 Å². The second-order valence-electron chi connectivity index (χ2n) is 5.78. The third-order valence-corrected chi connectivity index (χ3v) is 4.43. The first-order valence-corrected chi connectivity index (χ1v) is 7.40. The van der Waals surface area contributed by atoms with Crippen LogP contribution in [-0.2, 0) is 4.74 Å². The molecule has 1 heterocycles. The number of hydrogen-bond acceptors (Lipinski definition) is 3. The Labute approximate surface area is 105 Å². The molecule has 3 heteroatoms. The van der Waals surface area contributed by atoms with Crippen molar-refractivity contribution in [1.29, 1.82) is 0 Å². The van der Waals surface area contributed by atoms with Crippen LogP contribution in [0.3, 0.4) is 0 Å². The molecule has 0 bridgehead atoms. The van der Waals surface area contributed by atoms with Gasteiger partial charge in [0.1, 0.15) is 0 Å². The lowest BCUT2D eigenvalue weighted by atomic mass is 9.88. The van der Waals surface area contributed by atoms with Crippen molar-refractivity contribution in [1.82, 2.24) is 5.32 Å². The van der Waals surface area contributed by atoms with Gasteiger partial charge >= 0.3 is 0 Å². The van der Waals surface area contributed by atoms with Crippen LogP contribution in [0.4, 0.5) is 0 Å². The van der Waals surface area contributed by atoms with Gasteiger partial charge in [-0.15, -0.1) is 0 Å². The van der Waals surface area contributed by atoms with E-state index in [0.717, 1.165) is 32.6 Å². The van der Waals surface area contributed by atoms with Gasteiger partial charge in [-0.1, -0.05) is 25.7 Å². The molecule has 0 aromatic heterocycles. The maximum Gasteiger partial charge on any atom is 0.0484 e. The van der Waals surface area contributed by atoms with Gasteiger partial charge in [0.15, 0.2) is 0 Å². The highest BCUT2D eigenvalue weighted by molar-refractivity contribution is 4.93. The van der Waals surface area contributed by atoms with Crippen LogP contribution in [0.2, 0.25) is 0 Å². The molecule has 0 amide bonds. The summed E-state index contributed by atoms with van der Waals surface area (Å²) < 4.78 is 5.57. The molecule has 0 spiro atoms. The Morgan fingerprint density at radius 1 is 1.00 bits per heavy atom. The minimum Gasteiger partial charge on any atom is -0.381 e. The molecule has 0 aromatic carbocycles. The number of ether oxygens (including phenoxy) is 1. The van der Waals surface area contributed by atoms with Crippen LogP contribution in [-0.4, -0.2) is 31.3 Å². The van der Waals surface area contributed by atoms with Crippen molar-refractivity contribution in [2.75, 3.05) is 19.8 Å². The lowest BCUT2D eigenvalue weighted by molar-refractivity contribution is 0.134. The van der Waals surface area contributed by atoms with Gasteiger partial charge in [-0.2, -0.15) is 0 Å². The largest absolute Gasteiger partial charge is 0.381 e. The predicted molar refractivity (Wildman–Crippen MR) is 71.1 cm³/mol. The fourth-order valence-corrected chi connectivity index (χ4v) is 3.27. The van der Waals surface area contributed by atoms with Crippen molar-refractivity contribution in [3.8, 4) is 0 Å². The smallest absolute Gasteiger partial charge is 0.0484 e. The summed E-state index contributed by atoms with van der Waals surface area (Å²) in [4.78, 5) is 0. The van der Waals surface area contributed by atoms with Crippen LogP contribution in [0.5, 0.6) is 0 Å². The van der Waals surface area contributed by atoms with Crippen molar-refractivity contribution in [2.24, 2.45) is 5.73 Å². The number of nitrogens with two attached hydrogens (primary N) is 1. The predicted octanol–water partition coefficient (Wildman–Crippen LogP) is 2.20. The summed E-state index contributed by atoms with van der Waals surface area (Å²) in [6.45, 7) is 2.54. The first kappa shape index (κ1) is 13.3. The molecule has 0 aromatic rings. The molecule has 3 N–H and O–H groups in total. The minimum atomic E-state index is 0.158. The molecular weight excluding hydrogens is 212 g/mol. The molecule has 17 heavy (non-hydrogen) atoms. The quantitative estimate of drug-likeness (QED) is 0.743. The van der Waals surface area contributed by atoms with Gasteiger partial charge in [0.25, 0.3) is 0 Å². The van der Waals surface area contributed by atoms with Crippen molar-refractivity contribution in [3.05, 3.63) is 0 Å². The van der Waals surface area contributed by atoms with Crippen molar-refractivity contribution in [3.63, 3.8) is 0 Å². The summed E-state index contributed by atoms with van der Waals surface area (Å²) in [5.41, 5.74) is 6.20. The van der Waals surface area contributed by atoms with Crippen molar-refractivity contribution in [2.45, 2.75) is 69.4 Å².